The van der Waals surface area contributed by atoms with Crippen molar-refractivity contribution in [2.24, 2.45) is 0 Å². The summed E-state index contributed by atoms with van der Waals surface area (Å²) in [5, 5.41) is 0. The maximum Gasteiger partial charge on any atom is 0.293 e. The van der Waals surface area contributed by atoms with E-state index in [-0.39, 0.29) is 11.5 Å². The lowest BCUT2D eigenvalue weighted by Crippen LogP contribution is -1.84. The van der Waals surface area contributed by atoms with Crippen molar-refractivity contribution in [2.75, 3.05) is 5.73 Å². The molecule has 2 N–H and O–H groups in total. The van der Waals surface area contributed by atoms with Gasteiger partial charge in [-0.05, 0) is 24.6 Å². The summed E-state index contributed by atoms with van der Waals surface area (Å²) in [5.41, 5.74) is 7.38. The van der Waals surface area contributed by atoms with Crippen molar-refractivity contribution in [2.45, 2.75) is 6.92 Å². The van der Waals surface area contributed by atoms with Gasteiger partial charge in [0, 0.05) is 5.56 Å². The summed E-state index contributed by atoms with van der Waals surface area (Å²) >= 11 is 0. The van der Waals surface area contributed by atoms with Crippen molar-refractivity contribution in [3.05, 3.63) is 30.1 Å². The number of oxazole rings is 1. The summed E-state index contributed by atoms with van der Waals surface area (Å²) in [5.74, 6) is -0.439. The average molecular weight is 192 g/mol. The standard InChI is InChI=1S/C10H9FN2O/c1-5(2)6-3-4-7(11)8-9(6)14-10(12)13-8/h3-4H,1H2,2H3,(H2,12,13). The molecule has 14 heavy (non-hydrogen) atoms. The lowest BCUT2D eigenvalue weighted by Gasteiger charge is -1.99. The summed E-state index contributed by atoms with van der Waals surface area (Å²) in [6.45, 7) is 5.57. The van der Waals surface area contributed by atoms with E-state index in [4.69, 9.17) is 10.2 Å². The molecule has 0 spiro atoms. The molecule has 0 unspecified atom stereocenters. The van der Waals surface area contributed by atoms with Crippen molar-refractivity contribution in [3.8, 4) is 0 Å². The van der Waals surface area contributed by atoms with E-state index in [2.05, 4.69) is 11.6 Å². The van der Waals surface area contributed by atoms with Crippen LogP contribution >= 0.6 is 0 Å². The maximum absolute atomic E-state index is 13.2. The fourth-order valence-electron chi connectivity index (χ4n) is 1.33. The largest absolute Gasteiger partial charge is 0.423 e. The molecule has 0 aliphatic carbocycles. The summed E-state index contributed by atoms with van der Waals surface area (Å²) in [6.07, 6.45) is 0. The van der Waals surface area contributed by atoms with Gasteiger partial charge in [0.05, 0.1) is 0 Å². The van der Waals surface area contributed by atoms with E-state index in [9.17, 15) is 4.39 Å². The third-order valence-electron chi connectivity index (χ3n) is 1.97. The summed E-state index contributed by atoms with van der Waals surface area (Å²) in [6, 6.07) is 2.89. The number of hydrogen-bond donors (Lipinski definition) is 1. The van der Waals surface area contributed by atoms with Gasteiger partial charge in [-0.15, -0.1) is 0 Å². The highest BCUT2D eigenvalue weighted by atomic mass is 19.1. The van der Waals surface area contributed by atoms with E-state index in [1.807, 2.05) is 6.92 Å². The Morgan fingerprint density at radius 3 is 2.93 bits per heavy atom. The van der Waals surface area contributed by atoms with E-state index in [1.165, 1.54) is 6.07 Å². The number of hydrogen-bond acceptors (Lipinski definition) is 3. The van der Waals surface area contributed by atoms with Crippen LogP contribution < -0.4 is 5.73 Å². The van der Waals surface area contributed by atoms with Crippen molar-refractivity contribution in [1.82, 2.24) is 4.98 Å². The van der Waals surface area contributed by atoms with Crippen LogP contribution in [0.4, 0.5) is 10.4 Å². The number of halogens is 1. The molecule has 0 aliphatic heterocycles. The average Bonchev–Trinajstić information content (AvgIpc) is 2.47. The molecule has 2 aromatic rings. The highest BCUT2D eigenvalue weighted by Crippen LogP contribution is 2.27. The second-order valence-electron chi connectivity index (χ2n) is 3.11. The van der Waals surface area contributed by atoms with Gasteiger partial charge in [0.25, 0.3) is 6.01 Å². The van der Waals surface area contributed by atoms with Crippen LogP contribution in [0.1, 0.15) is 12.5 Å². The lowest BCUT2D eigenvalue weighted by atomic mass is 10.1. The Balaban J connectivity index is 2.87. The number of rotatable bonds is 1. The van der Waals surface area contributed by atoms with Crippen LogP contribution in [0.2, 0.25) is 0 Å². The minimum absolute atomic E-state index is 0.0346. The van der Waals surface area contributed by atoms with Gasteiger partial charge in [0.2, 0.25) is 0 Å². The van der Waals surface area contributed by atoms with Crippen LogP contribution in [-0.4, -0.2) is 4.98 Å². The molecule has 4 heteroatoms. The monoisotopic (exact) mass is 192 g/mol. The van der Waals surface area contributed by atoms with Gasteiger partial charge in [0.1, 0.15) is 5.52 Å². The topological polar surface area (TPSA) is 52.0 Å². The van der Waals surface area contributed by atoms with Gasteiger partial charge in [-0.25, -0.2) is 4.39 Å². The summed E-state index contributed by atoms with van der Waals surface area (Å²) < 4.78 is 18.3. The van der Waals surface area contributed by atoms with Gasteiger partial charge < -0.3 is 10.2 Å². The van der Waals surface area contributed by atoms with Crippen molar-refractivity contribution in [1.29, 1.82) is 0 Å². The van der Waals surface area contributed by atoms with Crippen LogP contribution in [0.15, 0.2) is 23.1 Å². The zero-order valence-electron chi connectivity index (χ0n) is 7.67. The molecule has 0 fully saturated rings. The Bertz CT molecular complexity index is 516. The number of fused-ring (bicyclic) bond motifs is 1. The Labute approximate surface area is 80.0 Å². The first-order valence-electron chi connectivity index (χ1n) is 4.10. The number of allylic oxidation sites excluding steroid dienone is 1. The number of nitrogen functional groups attached to an aromatic ring is 1. The zero-order chi connectivity index (χ0) is 10.3. The van der Waals surface area contributed by atoms with E-state index in [0.29, 0.717) is 5.58 Å². The van der Waals surface area contributed by atoms with E-state index in [0.717, 1.165) is 11.1 Å². The Morgan fingerprint density at radius 1 is 1.57 bits per heavy atom. The van der Waals surface area contributed by atoms with Crippen LogP contribution in [-0.2, 0) is 0 Å². The first kappa shape index (κ1) is 8.74. The number of aromatic nitrogens is 1. The molecule has 72 valence electrons. The van der Waals surface area contributed by atoms with E-state index >= 15 is 0 Å². The molecule has 2 rings (SSSR count). The molecule has 0 amide bonds. The third kappa shape index (κ3) is 1.16. The minimum Gasteiger partial charge on any atom is -0.423 e. The van der Waals surface area contributed by atoms with Gasteiger partial charge in [-0.2, -0.15) is 4.98 Å². The Hall–Kier alpha value is -1.84. The van der Waals surface area contributed by atoms with Crippen molar-refractivity contribution >= 4 is 22.7 Å². The Kier molecular flexibility index (Phi) is 1.77. The van der Waals surface area contributed by atoms with Crippen LogP contribution in [0.3, 0.4) is 0 Å². The predicted molar refractivity (Wildman–Crippen MR) is 53.1 cm³/mol. The Morgan fingerprint density at radius 2 is 2.29 bits per heavy atom. The molecule has 0 atom stereocenters. The van der Waals surface area contributed by atoms with E-state index in [1.54, 1.807) is 6.07 Å². The minimum atomic E-state index is -0.439. The SMILES string of the molecule is C=C(C)c1ccc(F)c2nc(N)oc12. The molecule has 1 aromatic carbocycles. The van der Waals surface area contributed by atoms with Gasteiger partial charge >= 0.3 is 0 Å². The van der Waals surface area contributed by atoms with E-state index < -0.39 is 5.82 Å². The quantitative estimate of drug-likeness (QED) is 0.755. The molecule has 3 nitrogen and oxygen atoms in total. The fraction of sp³-hybridized carbons (Fsp3) is 0.100. The number of nitrogens with two attached hydrogens (primary N) is 1. The van der Waals surface area contributed by atoms with Gasteiger partial charge in [-0.1, -0.05) is 6.58 Å². The summed E-state index contributed by atoms with van der Waals surface area (Å²) in [4.78, 5) is 3.75. The summed E-state index contributed by atoms with van der Waals surface area (Å²) in [7, 11) is 0. The second-order valence-corrected chi connectivity index (χ2v) is 3.11. The fourth-order valence-corrected chi connectivity index (χ4v) is 1.33. The smallest absolute Gasteiger partial charge is 0.293 e. The zero-order valence-corrected chi connectivity index (χ0v) is 7.67. The first-order chi connectivity index (χ1) is 6.59. The molecule has 0 saturated heterocycles. The van der Waals surface area contributed by atoms with Gasteiger partial charge in [0.15, 0.2) is 11.4 Å². The van der Waals surface area contributed by atoms with Crippen LogP contribution in [0, 0.1) is 5.82 Å². The van der Waals surface area contributed by atoms with Crippen molar-refractivity contribution in [3.63, 3.8) is 0 Å². The number of nitrogens with zero attached hydrogens (tertiary/aromatic N) is 1. The molecular weight excluding hydrogens is 183 g/mol. The molecule has 1 heterocycles. The predicted octanol–water partition coefficient (Wildman–Crippen LogP) is 2.58. The lowest BCUT2D eigenvalue weighted by molar-refractivity contribution is 0.621. The normalized spacial score (nSPS) is 10.7. The molecule has 0 radical (unpaired) electrons. The molecule has 0 saturated carbocycles. The number of benzene rings is 1. The van der Waals surface area contributed by atoms with Crippen LogP contribution in [0.25, 0.3) is 16.7 Å². The number of anilines is 1. The van der Waals surface area contributed by atoms with Gasteiger partial charge in [-0.3, -0.25) is 0 Å². The maximum atomic E-state index is 13.2. The highest BCUT2D eigenvalue weighted by Gasteiger charge is 2.12. The molecule has 1 aromatic heterocycles. The third-order valence-corrected chi connectivity index (χ3v) is 1.97. The molecule has 0 aliphatic rings. The molecular formula is C10H9FN2O. The molecule has 0 bridgehead atoms. The first-order valence-corrected chi connectivity index (χ1v) is 4.10. The second kappa shape index (κ2) is 2.83. The van der Waals surface area contributed by atoms with Crippen LogP contribution in [0.5, 0.6) is 0 Å². The highest BCUT2D eigenvalue weighted by molar-refractivity contribution is 5.87. The van der Waals surface area contributed by atoms with Crippen molar-refractivity contribution < 1.29 is 8.81 Å².